The Morgan fingerprint density at radius 3 is 2.67 bits per heavy atom. The zero-order valence-corrected chi connectivity index (χ0v) is 10.6. The molecule has 0 radical (unpaired) electrons. The molecule has 0 spiro atoms. The molecule has 0 aromatic heterocycles. The van der Waals surface area contributed by atoms with Crippen LogP contribution in [0.1, 0.15) is 19.8 Å². The Hall–Kier alpha value is 1.22. The molecule has 0 aromatic rings. The predicted octanol–water partition coefficient (Wildman–Crippen LogP) is 3.76. The molecule has 1 atom stereocenters. The summed E-state index contributed by atoms with van der Waals surface area (Å²) in [5, 5.41) is 8.45. The van der Waals surface area contributed by atoms with Gasteiger partial charge in [-0.2, -0.15) is 0 Å². The van der Waals surface area contributed by atoms with Crippen LogP contribution in [-0.2, 0) is 4.79 Å². The molecule has 0 saturated carbocycles. The van der Waals surface area contributed by atoms with Gasteiger partial charge in [0.05, 0.1) is 0 Å². The van der Waals surface area contributed by atoms with Crippen molar-refractivity contribution < 1.29 is 9.90 Å². The fraction of sp³-hybridized carbons (Fsp3) is 0.800. The van der Waals surface area contributed by atoms with Gasteiger partial charge in [0.15, 0.2) is 0 Å². The van der Waals surface area contributed by atoms with Crippen molar-refractivity contribution in [3.05, 3.63) is 0 Å². The molecule has 0 fully saturated rings. The third kappa shape index (κ3) is 6.71. The van der Waals surface area contributed by atoms with Crippen LogP contribution in [0, 0.1) is 0 Å². The highest BCUT2D eigenvalue weighted by molar-refractivity contribution is 9.34. The van der Waals surface area contributed by atoms with Crippen molar-refractivity contribution in [3.63, 3.8) is 0 Å². The second-order valence-corrected chi connectivity index (χ2v) is 8.74. The number of carboxylic acids is 1. The van der Waals surface area contributed by atoms with Gasteiger partial charge in [0.25, 0.3) is 0 Å². The van der Waals surface area contributed by atoms with E-state index in [0.29, 0.717) is 0 Å². The predicted molar refractivity (Wildman–Crippen MR) is 65.7 cm³/mol. The standard InChI is InChI=1S/C5H10O2S5/c1-2-3-4(5(6)7)9-11-12-10-8/h4,8H,2-3H2,1H3,(H,6,7). The topological polar surface area (TPSA) is 37.3 Å². The minimum Gasteiger partial charge on any atom is -0.480 e. The van der Waals surface area contributed by atoms with Crippen LogP contribution in [0.15, 0.2) is 0 Å². The van der Waals surface area contributed by atoms with Crippen molar-refractivity contribution in [2.75, 3.05) is 0 Å². The van der Waals surface area contributed by atoms with Crippen LogP contribution in [0.3, 0.4) is 0 Å². The molecule has 0 heterocycles. The van der Waals surface area contributed by atoms with Gasteiger partial charge >= 0.3 is 5.97 Å². The molecular weight excluding hydrogens is 252 g/mol. The Morgan fingerprint density at radius 1 is 1.58 bits per heavy atom. The maximum Gasteiger partial charge on any atom is 0.317 e. The van der Waals surface area contributed by atoms with Crippen molar-refractivity contribution in [1.82, 2.24) is 0 Å². The number of aliphatic carboxylic acids is 1. The fourth-order valence-electron chi connectivity index (χ4n) is 0.551. The molecular formula is C5H10O2S5. The molecule has 0 bridgehead atoms. The molecule has 2 nitrogen and oxygen atoms in total. The highest BCUT2D eigenvalue weighted by Gasteiger charge is 2.16. The van der Waals surface area contributed by atoms with Crippen LogP contribution in [0.4, 0.5) is 0 Å². The zero-order valence-electron chi connectivity index (χ0n) is 6.43. The van der Waals surface area contributed by atoms with Gasteiger partial charge in [-0.3, -0.25) is 4.79 Å². The van der Waals surface area contributed by atoms with Gasteiger partial charge in [-0.1, -0.05) is 35.8 Å². The summed E-state index contributed by atoms with van der Waals surface area (Å²) in [5.41, 5.74) is 0. The second kappa shape index (κ2) is 8.80. The zero-order chi connectivity index (χ0) is 9.40. The maximum atomic E-state index is 10.6. The van der Waals surface area contributed by atoms with Crippen LogP contribution < -0.4 is 0 Å². The van der Waals surface area contributed by atoms with E-state index in [1.807, 2.05) is 6.92 Å². The van der Waals surface area contributed by atoms with Crippen molar-refractivity contribution in [2.24, 2.45) is 0 Å². The summed E-state index contributed by atoms with van der Waals surface area (Å²) >= 11 is 3.93. The van der Waals surface area contributed by atoms with Crippen molar-refractivity contribution in [1.29, 1.82) is 0 Å². The number of carbonyl (C=O) groups is 1. The Morgan fingerprint density at radius 2 is 2.25 bits per heavy atom. The molecule has 0 aromatic carbocycles. The maximum absolute atomic E-state index is 10.6. The smallest absolute Gasteiger partial charge is 0.317 e. The van der Waals surface area contributed by atoms with E-state index in [1.165, 1.54) is 40.3 Å². The molecule has 1 unspecified atom stereocenters. The second-order valence-electron chi connectivity index (χ2n) is 1.92. The van der Waals surface area contributed by atoms with Crippen molar-refractivity contribution in [3.8, 4) is 0 Å². The minimum atomic E-state index is -0.723. The first-order valence-corrected chi connectivity index (χ1v) is 9.18. The normalized spacial score (nSPS) is 12.8. The molecule has 7 heteroatoms. The van der Waals surface area contributed by atoms with Crippen LogP contribution in [0.25, 0.3) is 0 Å². The van der Waals surface area contributed by atoms with Gasteiger partial charge in [0.2, 0.25) is 0 Å². The Kier molecular flexibility index (Phi) is 9.70. The number of thiol groups is 1. The quantitative estimate of drug-likeness (QED) is 0.413. The fourth-order valence-corrected chi connectivity index (χ4v) is 7.02. The summed E-state index contributed by atoms with van der Waals surface area (Å²) in [4.78, 5) is 10.6. The molecule has 0 aliphatic heterocycles. The lowest BCUT2D eigenvalue weighted by Gasteiger charge is -2.07. The first kappa shape index (κ1) is 13.2. The van der Waals surface area contributed by atoms with E-state index in [4.69, 9.17) is 5.11 Å². The Balaban J connectivity index is 3.56. The minimum absolute atomic E-state index is 0.284. The molecule has 72 valence electrons. The van der Waals surface area contributed by atoms with E-state index in [1.54, 1.807) is 0 Å². The third-order valence-electron chi connectivity index (χ3n) is 1.04. The monoisotopic (exact) mass is 262 g/mol. The van der Waals surface area contributed by atoms with Crippen LogP contribution in [0.5, 0.6) is 0 Å². The highest BCUT2D eigenvalue weighted by Crippen LogP contribution is 2.46. The van der Waals surface area contributed by atoms with Gasteiger partial charge in [-0.05, 0) is 35.9 Å². The van der Waals surface area contributed by atoms with Gasteiger partial charge in [-0.15, -0.1) is 0 Å². The number of carboxylic acid groups (broad SMARTS) is 1. The lowest BCUT2D eigenvalue weighted by Crippen LogP contribution is -2.14. The molecule has 1 N–H and O–H groups in total. The molecule has 0 aliphatic carbocycles. The van der Waals surface area contributed by atoms with E-state index in [-0.39, 0.29) is 5.25 Å². The summed E-state index contributed by atoms with van der Waals surface area (Å²) in [5.74, 6) is -0.723. The summed E-state index contributed by atoms with van der Waals surface area (Å²) in [6.45, 7) is 1.99. The first-order chi connectivity index (χ1) is 5.72. The van der Waals surface area contributed by atoms with E-state index >= 15 is 0 Å². The highest BCUT2D eigenvalue weighted by atomic mass is 33.8. The largest absolute Gasteiger partial charge is 0.480 e. The lowest BCUT2D eigenvalue weighted by atomic mass is 10.2. The molecule has 0 saturated heterocycles. The molecule has 0 aliphatic rings. The van der Waals surface area contributed by atoms with E-state index in [2.05, 4.69) is 11.7 Å². The Bertz CT molecular complexity index is 131. The van der Waals surface area contributed by atoms with E-state index in [9.17, 15) is 4.79 Å². The number of rotatable bonds is 7. The summed E-state index contributed by atoms with van der Waals surface area (Å²) < 4.78 is 0. The van der Waals surface area contributed by atoms with Crippen LogP contribution in [-0.4, -0.2) is 16.3 Å². The Labute approximate surface area is 92.4 Å². The average Bonchev–Trinajstić information content (AvgIpc) is 2.03. The number of hydrogen-bond acceptors (Lipinski definition) is 6. The number of hydrogen-bond donors (Lipinski definition) is 2. The third-order valence-corrected chi connectivity index (χ3v) is 8.08. The van der Waals surface area contributed by atoms with Crippen molar-refractivity contribution in [2.45, 2.75) is 25.0 Å². The van der Waals surface area contributed by atoms with Gasteiger partial charge in [0.1, 0.15) is 5.25 Å². The van der Waals surface area contributed by atoms with Crippen LogP contribution >= 0.6 is 51.9 Å². The van der Waals surface area contributed by atoms with E-state index in [0.717, 1.165) is 12.8 Å². The van der Waals surface area contributed by atoms with Gasteiger partial charge < -0.3 is 5.11 Å². The molecule has 12 heavy (non-hydrogen) atoms. The van der Waals surface area contributed by atoms with E-state index < -0.39 is 5.97 Å². The van der Waals surface area contributed by atoms with Gasteiger partial charge in [-0.25, -0.2) is 0 Å². The molecule has 0 amide bonds. The lowest BCUT2D eigenvalue weighted by molar-refractivity contribution is -0.136. The summed E-state index contributed by atoms with van der Waals surface area (Å²) in [7, 11) is 5.67. The first-order valence-electron chi connectivity index (χ1n) is 3.25. The van der Waals surface area contributed by atoms with Crippen molar-refractivity contribution >= 4 is 57.9 Å². The molecule has 0 rings (SSSR count). The van der Waals surface area contributed by atoms with Crippen LogP contribution in [0.2, 0.25) is 0 Å². The average molecular weight is 262 g/mol. The SMILES string of the molecule is CCCC(SSSSS)C(=O)O. The van der Waals surface area contributed by atoms with Gasteiger partial charge in [0, 0.05) is 0 Å². The summed E-state index contributed by atoms with van der Waals surface area (Å²) in [6, 6.07) is 0. The summed E-state index contributed by atoms with van der Waals surface area (Å²) in [6.07, 6.45) is 1.63.